The SMILES string of the molecule is CC(=O)Nc1cccc(N2C(=O)/C(=C/c3cccc(Oc4ccccc4)c3)S(=O)(=O)C2c2ccccc2)c1. The maximum absolute atomic E-state index is 13.9. The molecule has 7 nitrogen and oxygen atoms in total. The van der Waals surface area contributed by atoms with E-state index in [1.807, 2.05) is 30.3 Å². The lowest BCUT2D eigenvalue weighted by atomic mass is 10.1. The highest BCUT2D eigenvalue weighted by Gasteiger charge is 2.50. The van der Waals surface area contributed by atoms with Crippen molar-refractivity contribution in [2.24, 2.45) is 0 Å². The first kappa shape index (κ1) is 25.0. The summed E-state index contributed by atoms with van der Waals surface area (Å²) in [5.41, 5.74) is 1.76. The van der Waals surface area contributed by atoms with Crippen molar-refractivity contribution in [1.82, 2.24) is 0 Å². The standard InChI is InChI=1S/C30H24N2O5S/c1-21(33)31-24-13-9-14-25(20-24)32-29(34)28(38(35,36)30(32)23-11-4-2-5-12-23)19-22-10-8-17-27(18-22)37-26-15-6-3-7-16-26/h2-20,30H,1H3,(H,31,33)/b28-19-. The van der Waals surface area contributed by atoms with Crippen LogP contribution in [0.4, 0.5) is 11.4 Å². The fourth-order valence-corrected chi connectivity index (χ4v) is 6.22. The molecule has 190 valence electrons. The number of sulfone groups is 1. The van der Waals surface area contributed by atoms with Crippen LogP contribution in [0.2, 0.25) is 0 Å². The van der Waals surface area contributed by atoms with E-state index < -0.39 is 21.1 Å². The van der Waals surface area contributed by atoms with Crippen molar-refractivity contribution in [2.75, 3.05) is 10.2 Å². The van der Waals surface area contributed by atoms with E-state index in [1.165, 1.54) is 17.9 Å². The van der Waals surface area contributed by atoms with Crippen LogP contribution in [-0.2, 0) is 19.4 Å². The quantitative estimate of drug-likeness (QED) is 0.315. The van der Waals surface area contributed by atoms with Gasteiger partial charge in [0, 0.05) is 18.3 Å². The van der Waals surface area contributed by atoms with Crippen molar-refractivity contribution in [2.45, 2.75) is 12.3 Å². The molecule has 8 heteroatoms. The first-order valence-electron chi connectivity index (χ1n) is 11.9. The minimum atomic E-state index is -4.12. The van der Waals surface area contributed by atoms with Crippen LogP contribution >= 0.6 is 0 Å². The Bertz CT molecular complexity index is 1630. The number of carbonyl (C=O) groups is 2. The molecule has 0 radical (unpaired) electrons. The van der Waals surface area contributed by atoms with Gasteiger partial charge in [0.2, 0.25) is 15.7 Å². The molecule has 1 aliphatic heterocycles. The second-order valence-corrected chi connectivity index (χ2v) is 10.7. The summed E-state index contributed by atoms with van der Waals surface area (Å²) in [7, 11) is -4.12. The number of benzene rings is 4. The van der Waals surface area contributed by atoms with Gasteiger partial charge in [0.1, 0.15) is 16.4 Å². The second kappa shape index (κ2) is 10.4. The maximum Gasteiger partial charge on any atom is 0.271 e. The second-order valence-electron chi connectivity index (χ2n) is 8.71. The van der Waals surface area contributed by atoms with Gasteiger partial charge in [-0.15, -0.1) is 0 Å². The topological polar surface area (TPSA) is 92.8 Å². The molecule has 0 saturated carbocycles. The van der Waals surface area contributed by atoms with E-state index in [0.29, 0.717) is 34.0 Å². The zero-order valence-electron chi connectivity index (χ0n) is 20.4. The van der Waals surface area contributed by atoms with E-state index in [9.17, 15) is 18.0 Å². The van der Waals surface area contributed by atoms with Crippen molar-refractivity contribution >= 4 is 39.1 Å². The number of ether oxygens (including phenoxy) is 1. The minimum Gasteiger partial charge on any atom is -0.457 e. The molecular weight excluding hydrogens is 500 g/mol. The van der Waals surface area contributed by atoms with Gasteiger partial charge in [0.25, 0.3) is 5.91 Å². The molecule has 0 spiro atoms. The molecule has 0 aliphatic carbocycles. The van der Waals surface area contributed by atoms with Crippen LogP contribution in [0.25, 0.3) is 6.08 Å². The van der Waals surface area contributed by atoms with Crippen molar-refractivity contribution in [1.29, 1.82) is 0 Å². The normalized spacial score (nSPS) is 17.4. The van der Waals surface area contributed by atoms with E-state index in [1.54, 1.807) is 78.9 Å². The Morgan fingerprint density at radius 1 is 0.842 bits per heavy atom. The first-order chi connectivity index (χ1) is 18.3. The number of anilines is 2. The van der Waals surface area contributed by atoms with Gasteiger partial charge < -0.3 is 10.1 Å². The third kappa shape index (κ3) is 5.07. The number of amides is 2. The number of para-hydroxylation sites is 1. The summed E-state index contributed by atoms with van der Waals surface area (Å²) in [6.45, 7) is 1.38. The molecular formula is C30H24N2O5S. The summed E-state index contributed by atoms with van der Waals surface area (Å²) in [4.78, 5) is 26.3. The molecule has 2 amide bonds. The molecule has 1 fully saturated rings. The molecule has 1 aliphatic rings. The fraction of sp³-hybridized carbons (Fsp3) is 0.0667. The van der Waals surface area contributed by atoms with Crippen molar-refractivity contribution in [3.8, 4) is 11.5 Å². The van der Waals surface area contributed by atoms with E-state index in [2.05, 4.69) is 5.32 Å². The predicted octanol–water partition coefficient (Wildman–Crippen LogP) is 5.94. The van der Waals surface area contributed by atoms with Gasteiger partial charge in [-0.05, 0) is 59.7 Å². The molecule has 1 heterocycles. The minimum absolute atomic E-state index is 0.277. The average Bonchev–Trinajstić information content (AvgIpc) is 3.10. The number of hydrogen-bond acceptors (Lipinski definition) is 5. The van der Waals surface area contributed by atoms with Crippen LogP contribution in [0.5, 0.6) is 11.5 Å². The summed E-state index contributed by atoms with van der Waals surface area (Å²) < 4.78 is 33.7. The molecule has 5 rings (SSSR count). The summed E-state index contributed by atoms with van der Waals surface area (Å²) in [6, 6.07) is 31.3. The largest absolute Gasteiger partial charge is 0.457 e. The van der Waals surface area contributed by atoms with Gasteiger partial charge >= 0.3 is 0 Å². The zero-order chi connectivity index (χ0) is 26.7. The smallest absolute Gasteiger partial charge is 0.271 e. The Morgan fingerprint density at radius 3 is 2.21 bits per heavy atom. The molecule has 0 aromatic heterocycles. The van der Waals surface area contributed by atoms with E-state index >= 15 is 0 Å². The molecule has 4 aromatic rings. The summed E-state index contributed by atoms with van der Waals surface area (Å²) >= 11 is 0. The van der Waals surface area contributed by atoms with Crippen LogP contribution in [0.1, 0.15) is 23.4 Å². The Balaban J connectivity index is 1.58. The lowest BCUT2D eigenvalue weighted by Gasteiger charge is -2.23. The summed E-state index contributed by atoms with van der Waals surface area (Å²) in [5.74, 6) is 0.206. The number of nitrogens with zero attached hydrogens (tertiary/aromatic N) is 1. The van der Waals surface area contributed by atoms with Gasteiger partial charge in [-0.1, -0.05) is 66.7 Å². The maximum atomic E-state index is 13.9. The van der Waals surface area contributed by atoms with Gasteiger partial charge in [0.15, 0.2) is 5.37 Å². The van der Waals surface area contributed by atoms with E-state index in [0.717, 1.165) is 0 Å². The molecule has 38 heavy (non-hydrogen) atoms. The third-order valence-electron chi connectivity index (χ3n) is 5.93. The Morgan fingerprint density at radius 2 is 1.50 bits per heavy atom. The number of hydrogen-bond donors (Lipinski definition) is 1. The van der Waals surface area contributed by atoms with Crippen LogP contribution in [0.3, 0.4) is 0 Å². The zero-order valence-corrected chi connectivity index (χ0v) is 21.3. The average molecular weight is 525 g/mol. The van der Waals surface area contributed by atoms with Crippen molar-refractivity contribution in [3.63, 3.8) is 0 Å². The van der Waals surface area contributed by atoms with Crippen LogP contribution in [-0.4, -0.2) is 20.2 Å². The Kier molecular flexibility index (Phi) is 6.81. The van der Waals surface area contributed by atoms with E-state index in [4.69, 9.17) is 4.74 Å². The van der Waals surface area contributed by atoms with Crippen LogP contribution in [0, 0.1) is 0 Å². The molecule has 4 aromatic carbocycles. The Hall–Kier alpha value is -4.69. The molecule has 1 atom stereocenters. The van der Waals surface area contributed by atoms with Crippen LogP contribution < -0.4 is 15.0 Å². The van der Waals surface area contributed by atoms with Crippen molar-refractivity contribution < 1.29 is 22.7 Å². The fourth-order valence-electron chi connectivity index (χ4n) is 4.33. The number of carbonyl (C=O) groups excluding carboxylic acids is 2. The highest BCUT2D eigenvalue weighted by atomic mass is 32.2. The molecule has 1 N–H and O–H groups in total. The van der Waals surface area contributed by atoms with Gasteiger partial charge in [-0.3, -0.25) is 14.5 Å². The number of rotatable bonds is 6. The number of nitrogens with one attached hydrogen (secondary N) is 1. The third-order valence-corrected chi connectivity index (χ3v) is 7.91. The lowest BCUT2D eigenvalue weighted by Crippen LogP contribution is -2.29. The molecule has 1 unspecified atom stereocenters. The van der Waals surface area contributed by atoms with Gasteiger partial charge in [0.05, 0.1) is 0 Å². The van der Waals surface area contributed by atoms with Crippen molar-refractivity contribution in [3.05, 3.63) is 125 Å². The first-order valence-corrected chi connectivity index (χ1v) is 13.4. The predicted molar refractivity (Wildman–Crippen MR) is 147 cm³/mol. The summed E-state index contributed by atoms with van der Waals surface area (Å²) in [6.07, 6.45) is 1.38. The molecule has 0 bridgehead atoms. The van der Waals surface area contributed by atoms with E-state index in [-0.39, 0.29) is 10.8 Å². The molecule has 1 saturated heterocycles. The van der Waals surface area contributed by atoms with Gasteiger partial charge in [-0.25, -0.2) is 8.42 Å². The highest BCUT2D eigenvalue weighted by molar-refractivity contribution is 7.97. The lowest BCUT2D eigenvalue weighted by molar-refractivity contribution is -0.115. The monoisotopic (exact) mass is 524 g/mol. The van der Waals surface area contributed by atoms with Crippen LogP contribution in [0.15, 0.2) is 114 Å². The Labute approximate surface area is 220 Å². The summed E-state index contributed by atoms with van der Waals surface area (Å²) in [5, 5.41) is 1.42. The van der Waals surface area contributed by atoms with Gasteiger partial charge in [-0.2, -0.15) is 0 Å². The highest BCUT2D eigenvalue weighted by Crippen LogP contribution is 2.44.